The molecule has 114 valence electrons. The minimum atomic E-state index is -3.98. The fourth-order valence-corrected chi connectivity index (χ4v) is 3.48. The first-order chi connectivity index (χ1) is 9.87. The molecule has 21 heavy (non-hydrogen) atoms. The molecule has 0 atom stereocenters. The minimum Gasteiger partial charge on any atom is -0.481 e. The highest BCUT2D eigenvalue weighted by Crippen LogP contribution is 2.22. The quantitative estimate of drug-likeness (QED) is 0.781. The molecule has 0 radical (unpaired) electrons. The second-order valence-corrected chi connectivity index (χ2v) is 6.04. The van der Waals surface area contributed by atoms with E-state index in [0.717, 1.165) is 4.68 Å². The molecule has 2 rings (SSSR count). The van der Waals surface area contributed by atoms with Crippen molar-refractivity contribution in [2.45, 2.75) is 5.03 Å². The van der Waals surface area contributed by atoms with Gasteiger partial charge in [-0.1, -0.05) is 5.21 Å². The lowest BCUT2D eigenvalue weighted by atomic mass is 10.6. The molecule has 0 spiro atoms. The molecular weight excluding hydrogens is 368 g/mol. The molecule has 0 fully saturated rings. The van der Waals surface area contributed by atoms with Crippen molar-refractivity contribution in [3.63, 3.8) is 0 Å². The first-order valence-electron chi connectivity index (χ1n) is 5.42. The molecule has 2 heterocycles. The Morgan fingerprint density at radius 1 is 1.24 bits per heavy atom. The molecule has 0 saturated heterocycles. The number of hydrogen-bond donors (Lipinski definition) is 1. The van der Waals surface area contributed by atoms with Crippen LogP contribution in [0.1, 0.15) is 0 Å². The van der Waals surface area contributed by atoms with E-state index in [0.29, 0.717) is 0 Å². The monoisotopic (exact) mass is 378 g/mol. The van der Waals surface area contributed by atoms with Crippen LogP contribution in [0.3, 0.4) is 0 Å². The van der Waals surface area contributed by atoms with Crippen molar-refractivity contribution in [3.05, 3.63) is 10.7 Å². The topological polar surface area (TPSA) is 121 Å². The van der Waals surface area contributed by atoms with E-state index in [1.807, 2.05) is 0 Å². The summed E-state index contributed by atoms with van der Waals surface area (Å²) < 4.78 is 37.9. The van der Waals surface area contributed by atoms with Crippen LogP contribution in [0, 0.1) is 0 Å². The maximum absolute atomic E-state index is 12.3. The molecule has 0 aromatic carbocycles. The van der Waals surface area contributed by atoms with Gasteiger partial charge < -0.3 is 9.47 Å². The summed E-state index contributed by atoms with van der Waals surface area (Å²) >= 11 is 3.02. The summed E-state index contributed by atoms with van der Waals surface area (Å²) in [4.78, 5) is 7.77. The maximum Gasteiger partial charge on any atom is 0.284 e. The fourth-order valence-electron chi connectivity index (χ4n) is 1.44. The minimum absolute atomic E-state index is 0.0763. The normalized spacial score (nSPS) is 11.2. The highest BCUT2D eigenvalue weighted by molar-refractivity contribution is 9.10. The molecule has 0 bridgehead atoms. The van der Waals surface area contributed by atoms with Crippen molar-refractivity contribution in [3.8, 4) is 11.8 Å². The van der Waals surface area contributed by atoms with Gasteiger partial charge in [0, 0.05) is 7.05 Å². The number of sulfonamides is 1. The first kappa shape index (κ1) is 15.4. The Morgan fingerprint density at radius 3 is 2.24 bits per heavy atom. The molecule has 0 aliphatic rings. The lowest BCUT2D eigenvalue weighted by Crippen LogP contribution is -2.19. The van der Waals surface area contributed by atoms with Crippen LogP contribution in [0.4, 0.5) is 5.95 Å². The fraction of sp³-hybridized carbons (Fsp3) is 0.333. The predicted molar refractivity (Wildman–Crippen MR) is 74.6 cm³/mol. The van der Waals surface area contributed by atoms with Gasteiger partial charge in [0.15, 0.2) is 4.60 Å². The summed E-state index contributed by atoms with van der Waals surface area (Å²) in [6.07, 6.45) is 0. The summed E-state index contributed by atoms with van der Waals surface area (Å²) in [5, 5.41) is 7.05. The number of ether oxygens (including phenoxy) is 2. The van der Waals surface area contributed by atoms with E-state index in [1.54, 1.807) is 0 Å². The molecule has 0 aliphatic carbocycles. The van der Waals surface area contributed by atoms with Crippen molar-refractivity contribution in [2.75, 3.05) is 18.9 Å². The van der Waals surface area contributed by atoms with Gasteiger partial charge in [0.2, 0.25) is 22.7 Å². The number of methoxy groups -OCH3 is 2. The summed E-state index contributed by atoms with van der Waals surface area (Å²) in [5.74, 6) is 0.114. The van der Waals surface area contributed by atoms with Gasteiger partial charge in [-0.2, -0.15) is 18.4 Å². The number of hydrogen-bond acceptors (Lipinski definition) is 8. The zero-order chi connectivity index (χ0) is 15.6. The van der Waals surface area contributed by atoms with E-state index in [1.165, 1.54) is 27.3 Å². The Bertz CT molecular complexity index is 720. The molecule has 0 aliphatic heterocycles. The maximum atomic E-state index is 12.3. The number of aryl methyl sites for hydroxylation is 1. The zero-order valence-corrected chi connectivity index (χ0v) is 13.6. The van der Waals surface area contributed by atoms with E-state index in [4.69, 9.17) is 9.47 Å². The van der Waals surface area contributed by atoms with Crippen molar-refractivity contribution in [1.29, 1.82) is 0 Å². The van der Waals surface area contributed by atoms with Crippen molar-refractivity contribution < 1.29 is 17.9 Å². The van der Waals surface area contributed by atoms with Crippen LogP contribution in [0.5, 0.6) is 11.8 Å². The average Bonchev–Trinajstić information content (AvgIpc) is 2.77. The lowest BCUT2D eigenvalue weighted by molar-refractivity contribution is 0.373. The third kappa shape index (κ3) is 3.21. The SMILES string of the molecule is COc1cc(OC)nc(NS(=O)(=O)c2c(Br)nnn2C)n1. The number of rotatable bonds is 5. The first-order valence-corrected chi connectivity index (χ1v) is 7.70. The van der Waals surface area contributed by atoms with Gasteiger partial charge in [0.1, 0.15) is 0 Å². The summed E-state index contributed by atoms with van der Waals surface area (Å²) in [7, 11) is 0.249. The molecule has 12 heteroatoms. The summed E-state index contributed by atoms with van der Waals surface area (Å²) in [5.41, 5.74) is 0. The number of anilines is 1. The largest absolute Gasteiger partial charge is 0.481 e. The zero-order valence-electron chi connectivity index (χ0n) is 11.2. The highest BCUT2D eigenvalue weighted by Gasteiger charge is 2.25. The van der Waals surface area contributed by atoms with Crippen molar-refractivity contribution in [2.24, 2.45) is 7.05 Å². The van der Waals surface area contributed by atoms with Gasteiger partial charge in [-0.05, 0) is 15.9 Å². The standard InChI is InChI=1S/C9H11BrN6O4S/c1-16-8(7(10)13-15-16)21(17,18)14-9-11-5(19-2)4-6(12-9)20-3/h4H,1-3H3,(H,11,12,14). The van der Waals surface area contributed by atoms with E-state index in [-0.39, 0.29) is 27.3 Å². The van der Waals surface area contributed by atoms with E-state index >= 15 is 0 Å². The van der Waals surface area contributed by atoms with Gasteiger partial charge in [0.25, 0.3) is 10.0 Å². The van der Waals surface area contributed by atoms with Gasteiger partial charge >= 0.3 is 0 Å². The van der Waals surface area contributed by atoms with Gasteiger partial charge in [-0.15, -0.1) is 5.10 Å². The van der Waals surface area contributed by atoms with Crippen LogP contribution in [0.15, 0.2) is 15.7 Å². The van der Waals surface area contributed by atoms with Crippen molar-refractivity contribution in [1.82, 2.24) is 25.0 Å². The Hall–Kier alpha value is -1.95. The molecular formula is C9H11BrN6O4S. The summed E-state index contributed by atoms with van der Waals surface area (Å²) in [6, 6.07) is 1.42. The molecule has 0 unspecified atom stereocenters. The van der Waals surface area contributed by atoms with Gasteiger partial charge in [-0.3, -0.25) is 0 Å². The molecule has 10 nitrogen and oxygen atoms in total. The van der Waals surface area contributed by atoms with Crippen molar-refractivity contribution >= 4 is 31.9 Å². The Morgan fingerprint density at radius 2 is 1.81 bits per heavy atom. The average molecular weight is 379 g/mol. The van der Waals surface area contributed by atoms with Gasteiger partial charge in [0.05, 0.1) is 20.3 Å². The van der Waals surface area contributed by atoms with E-state index < -0.39 is 10.0 Å². The van der Waals surface area contributed by atoms with E-state index in [9.17, 15) is 8.42 Å². The predicted octanol–water partition coefficient (Wildman–Crippen LogP) is 0.186. The number of nitrogens with zero attached hydrogens (tertiary/aromatic N) is 5. The van der Waals surface area contributed by atoms with Crippen LogP contribution in [-0.4, -0.2) is 47.6 Å². The van der Waals surface area contributed by atoms with Crippen LogP contribution in [0.2, 0.25) is 0 Å². The number of aromatic nitrogens is 5. The Kier molecular flexibility index (Phi) is 4.27. The second kappa shape index (κ2) is 5.81. The second-order valence-electron chi connectivity index (χ2n) is 3.69. The van der Waals surface area contributed by atoms with Crippen LogP contribution >= 0.6 is 15.9 Å². The van der Waals surface area contributed by atoms with Gasteiger partial charge in [-0.25, -0.2) is 9.40 Å². The third-order valence-electron chi connectivity index (χ3n) is 2.31. The summed E-state index contributed by atoms with van der Waals surface area (Å²) in [6.45, 7) is 0. The highest BCUT2D eigenvalue weighted by atomic mass is 79.9. The van der Waals surface area contributed by atoms with Crippen LogP contribution < -0.4 is 14.2 Å². The molecule has 2 aromatic heterocycles. The smallest absolute Gasteiger partial charge is 0.284 e. The molecule has 0 amide bonds. The Labute approximate surface area is 128 Å². The molecule has 2 aromatic rings. The lowest BCUT2D eigenvalue weighted by Gasteiger charge is -2.09. The van der Waals surface area contributed by atoms with Crippen LogP contribution in [-0.2, 0) is 17.1 Å². The van der Waals surface area contributed by atoms with E-state index in [2.05, 4.69) is 40.9 Å². The third-order valence-corrected chi connectivity index (χ3v) is 4.53. The number of nitrogens with one attached hydrogen (secondary N) is 1. The number of halogens is 1. The Balaban J connectivity index is 2.41. The molecule has 0 saturated carbocycles. The molecule has 1 N–H and O–H groups in total. The van der Waals surface area contributed by atoms with Crippen LogP contribution in [0.25, 0.3) is 0 Å².